The molecule has 24 heavy (non-hydrogen) atoms. The Morgan fingerprint density at radius 1 is 0.917 bits per heavy atom. The first-order chi connectivity index (χ1) is 11.5. The third-order valence-electron chi connectivity index (χ3n) is 3.79. The maximum atomic E-state index is 12.4. The molecule has 0 aliphatic rings. The quantitative estimate of drug-likeness (QED) is 0.667. The standard InChI is InChI=1S/C19H16O4S/c1-23-17-10-9-14-11-16(8-7-15(14)12-17)19(20)13-24(21,22)18-5-3-2-4-6-18/h2-12H,13H2,1H3. The lowest BCUT2D eigenvalue weighted by Gasteiger charge is -2.06. The number of hydrogen-bond acceptors (Lipinski definition) is 4. The molecule has 0 heterocycles. The molecule has 3 aromatic rings. The topological polar surface area (TPSA) is 60.4 Å². The summed E-state index contributed by atoms with van der Waals surface area (Å²) in [5, 5.41) is 1.79. The minimum atomic E-state index is -3.64. The molecular formula is C19H16O4S. The number of ether oxygens (including phenoxy) is 1. The zero-order valence-electron chi connectivity index (χ0n) is 13.1. The molecule has 3 aromatic carbocycles. The third kappa shape index (κ3) is 3.31. The molecule has 0 amide bonds. The summed E-state index contributed by atoms with van der Waals surface area (Å²) >= 11 is 0. The number of fused-ring (bicyclic) bond motifs is 1. The second-order valence-corrected chi connectivity index (χ2v) is 7.41. The molecule has 5 heteroatoms. The fourth-order valence-corrected chi connectivity index (χ4v) is 3.74. The molecule has 0 aliphatic carbocycles. The molecular weight excluding hydrogens is 324 g/mol. The number of carbonyl (C=O) groups excluding carboxylic acids is 1. The Kier molecular flexibility index (Phi) is 4.36. The summed E-state index contributed by atoms with van der Waals surface area (Å²) in [6.07, 6.45) is 0. The Labute approximate surface area is 140 Å². The van der Waals surface area contributed by atoms with Gasteiger partial charge in [0, 0.05) is 5.56 Å². The summed E-state index contributed by atoms with van der Waals surface area (Å²) in [6.45, 7) is 0. The average Bonchev–Trinajstić information content (AvgIpc) is 2.61. The van der Waals surface area contributed by atoms with Crippen LogP contribution in [0.5, 0.6) is 5.75 Å². The van der Waals surface area contributed by atoms with Gasteiger partial charge in [-0.05, 0) is 41.1 Å². The van der Waals surface area contributed by atoms with Crippen molar-refractivity contribution >= 4 is 26.4 Å². The molecule has 0 spiro atoms. The number of hydrogen-bond donors (Lipinski definition) is 0. The van der Waals surface area contributed by atoms with E-state index in [1.807, 2.05) is 12.1 Å². The maximum absolute atomic E-state index is 12.4. The molecule has 122 valence electrons. The van der Waals surface area contributed by atoms with Gasteiger partial charge in [0.1, 0.15) is 11.5 Å². The number of benzene rings is 3. The van der Waals surface area contributed by atoms with Crippen LogP contribution in [0.25, 0.3) is 10.8 Å². The second kappa shape index (κ2) is 6.45. The Morgan fingerprint density at radius 2 is 1.58 bits per heavy atom. The zero-order valence-corrected chi connectivity index (χ0v) is 13.9. The fraction of sp³-hybridized carbons (Fsp3) is 0.105. The van der Waals surface area contributed by atoms with Gasteiger partial charge in [0.25, 0.3) is 0 Å². The molecule has 0 unspecified atom stereocenters. The summed E-state index contributed by atoms with van der Waals surface area (Å²) in [7, 11) is -2.05. The van der Waals surface area contributed by atoms with Gasteiger partial charge in [-0.3, -0.25) is 4.79 Å². The van der Waals surface area contributed by atoms with E-state index in [0.29, 0.717) is 5.56 Å². The second-order valence-electron chi connectivity index (χ2n) is 5.42. The van der Waals surface area contributed by atoms with E-state index in [0.717, 1.165) is 16.5 Å². The lowest BCUT2D eigenvalue weighted by atomic mass is 10.0. The minimum Gasteiger partial charge on any atom is -0.497 e. The van der Waals surface area contributed by atoms with E-state index < -0.39 is 21.4 Å². The zero-order chi connectivity index (χ0) is 17.2. The summed E-state index contributed by atoms with van der Waals surface area (Å²) < 4.78 is 29.8. The van der Waals surface area contributed by atoms with Gasteiger partial charge in [-0.1, -0.05) is 36.4 Å². The normalized spacial score (nSPS) is 11.4. The first-order valence-corrected chi connectivity index (χ1v) is 9.04. The molecule has 4 nitrogen and oxygen atoms in total. The predicted molar refractivity (Wildman–Crippen MR) is 93.3 cm³/mol. The van der Waals surface area contributed by atoms with Crippen LogP contribution >= 0.6 is 0 Å². The van der Waals surface area contributed by atoms with Crippen LogP contribution in [0.15, 0.2) is 71.6 Å². The first kappa shape index (κ1) is 16.2. The van der Waals surface area contributed by atoms with Crippen LogP contribution in [-0.4, -0.2) is 27.1 Å². The van der Waals surface area contributed by atoms with E-state index >= 15 is 0 Å². The Hall–Kier alpha value is -2.66. The fourth-order valence-electron chi connectivity index (χ4n) is 2.49. The van der Waals surface area contributed by atoms with Crippen molar-refractivity contribution in [2.24, 2.45) is 0 Å². The molecule has 0 saturated heterocycles. The van der Waals surface area contributed by atoms with Gasteiger partial charge in [-0.25, -0.2) is 8.42 Å². The average molecular weight is 340 g/mol. The summed E-state index contributed by atoms with van der Waals surface area (Å²) in [5.41, 5.74) is 0.382. The van der Waals surface area contributed by atoms with Crippen molar-refractivity contribution in [2.45, 2.75) is 4.90 Å². The SMILES string of the molecule is COc1ccc2cc(C(=O)CS(=O)(=O)c3ccccc3)ccc2c1. The highest BCUT2D eigenvalue weighted by Crippen LogP contribution is 2.22. The van der Waals surface area contributed by atoms with Gasteiger partial charge >= 0.3 is 0 Å². The van der Waals surface area contributed by atoms with Crippen LogP contribution in [0.2, 0.25) is 0 Å². The van der Waals surface area contributed by atoms with Crippen LogP contribution in [0, 0.1) is 0 Å². The molecule has 0 fully saturated rings. The van der Waals surface area contributed by atoms with Crippen LogP contribution in [0.1, 0.15) is 10.4 Å². The molecule has 0 bridgehead atoms. The number of rotatable bonds is 5. The van der Waals surface area contributed by atoms with E-state index in [-0.39, 0.29) is 4.90 Å². The van der Waals surface area contributed by atoms with Crippen LogP contribution in [0.4, 0.5) is 0 Å². The molecule has 0 aliphatic heterocycles. The summed E-state index contributed by atoms with van der Waals surface area (Å²) in [4.78, 5) is 12.6. The molecule has 0 N–H and O–H groups in total. The van der Waals surface area contributed by atoms with E-state index in [1.54, 1.807) is 49.6 Å². The monoisotopic (exact) mass is 340 g/mol. The number of ketones is 1. The van der Waals surface area contributed by atoms with E-state index in [2.05, 4.69) is 0 Å². The molecule has 0 radical (unpaired) electrons. The highest BCUT2D eigenvalue weighted by Gasteiger charge is 2.20. The van der Waals surface area contributed by atoms with Crippen molar-refractivity contribution in [3.8, 4) is 5.75 Å². The number of carbonyl (C=O) groups is 1. The van der Waals surface area contributed by atoms with E-state index in [9.17, 15) is 13.2 Å². The van der Waals surface area contributed by atoms with Gasteiger partial charge in [-0.15, -0.1) is 0 Å². The van der Waals surface area contributed by atoms with Crippen molar-refractivity contribution in [1.82, 2.24) is 0 Å². The highest BCUT2D eigenvalue weighted by atomic mass is 32.2. The smallest absolute Gasteiger partial charge is 0.185 e. The largest absolute Gasteiger partial charge is 0.497 e. The first-order valence-electron chi connectivity index (χ1n) is 7.38. The van der Waals surface area contributed by atoms with Gasteiger partial charge in [0.15, 0.2) is 15.6 Å². The lowest BCUT2D eigenvalue weighted by Crippen LogP contribution is -2.16. The third-order valence-corrected chi connectivity index (χ3v) is 5.43. The van der Waals surface area contributed by atoms with Gasteiger partial charge in [0.2, 0.25) is 0 Å². The van der Waals surface area contributed by atoms with E-state index in [4.69, 9.17) is 4.74 Å². The Morgan fingerprint density at radius 3 is 2.29 bits per heavy atom. The summed E-state index contributed by atoms with van der Waals surface area (Å²) in [6, 6.07) is 18.7. The molecule has 3 rings (SSSR count). The maximum Gasteiger partial charge on any atom is 0.185 e. The van der Waals surface area contributed by atoms with Crippen molar-refractivity contribution < 1.29 is 17.9 Å². The van der Waals surface area contributed by atoms with Crippen molar-refractivity contribution in [3.63, 3.8) is 0 Å². The predicted octanol–water partition coefficient (Wildman–Crippen LogP) is 3.51. The van der Waals surface area contributed by atoms with Crippen LogP contribution in [0.3, 0.4) is 0 Å². The number of sulfone groups is 1. The van der Waals surface area contributed by atoms with Crippen LogP contribution in [-0.2, 0) is 9.84 Å². The van der Waals surface area contributed by atoms with Crippen molar-refractivity contribution in [3.05, 3.63) is 72.3 Å². The van der Waals surface area contributed by atoms with Crippen molar-refractivity contribution in [1.29, 1.82) is 0 Å². The molecule has 0 aromatic heterocycles. The minimum absolute atomic E-state index is 0.156. The van der Waals surface area contributed by atoms with E-state index in [1.165, 1.54) is 12.1 Å². The number of Topliss-reactive ketones (excluding diaryl/α,β-unsaturated/α-hetero) is 1. The van der Waals surface area contributed by atoms with Gasteiger partial charge < -0.3 is 4.74 Å². The van der Waals surface area contributed by atoms with Crippen molar-refractivity contribution in [2.75, 3.05) is 12.9 Å². The lowest BCUT2D eigenvalue weighted by molar-refractivity contribution is 0.102. The molecule has 0 saturated carbocycles. The Balaban J connectivity index is 1.89. The van der Waals surface area contributed by atoms with Crippen LogP contribution < -0.4 is 4.74 Å². The highest BCUT2D eigenvalue weighted by molar-refractivity contribution is 7.92. The van der Waals surface area contributed by atoms with Gasteiger partial charge in [-0.2, -0.15) is 0 Å². The van der Waals surface area contributed by atoms with Gasteiger partial charge in [0.05, 0.1) is 12.0 Å². The summed E-state index contributed by atoms with van der Waals surface area (Å²) in [5.74, 6) is -0.233. The molecule has 0 atom stereocenters. The Bertz CT molecular complexity index is 992. The number of methoxy groups -OCH3 is 1.